The van der Waals surface area contributed by atoms with E-state index in [0.29, 0.717) is 7.14 Å². The van der Waals surface area contributed by atoms with Crippen LogP contribution in [0.25, 0.3) is 0 Å². The van der Waals surface area contributed by atoms with E-state index in [1.807, 2.05) is 45.2 Å². The summed E-state index contributed by atoms with van der Waals surface area (Å²) in [5, 5.41) is 0. The van der Waals surface area contributed by atoms with Crippen molar-refractivity contribution in [3.63, 3.8) is 0 Å². The summed E-state index contributed by atoms with van der Waals surface area (Å²) in [5.41, 5.74) is -5.64. The molecule has 2 aliphatic carbocycles. The third kappa shape index (κ3) is 5.08. The molecule has 1 aromatic carbocycles. The summed E-state index contributed by atoms with van der Waals surface area (Å²) in [4.78, 5) is 38.1. The van der Waals surface area contributed by atoms with Crippen LogP contribution in [-0.2, 0) is 33.9 Å². The minimum absolute atomic E-state index is 0.0536. The Balaban J connectivity index is 1.67. The number of hydrogen-bond acceptors (Lipinski definition) is 9. The predicted octanol–water partition coefficient (Wildman–Crippen LogP) is 3.18. The molecule has 18 heteroatoms. The van der Waals surface area contributed by atoms with Crippen molar-refractivity contribution in [2.24, 2.45) is 23.7 Å². The number of fused-ring (bicyclic) bond motifs is 1. The highest BCUT2D eigenvalue weighted by Gasteiger charge is 2.77. The van der Waals surface area contributed by atoms with Gasteiger partial charge in [0.05, 0.1) is 33.3 Å². The SMILES string of the molecule is O=C(OC1C2CC3C1OC(=O)C3C2C(=O)OC(CS(=O)(=O)[O-])(C(F)(F)F)C(F)(F)F)c1cc(I)cc(I)c1. The number of ether oxygens (including phenoxy) is 3. The largest absolute Gasteiger partial charge is 0.748 e. The Morgan fingerprint density at radius 3 is 2.08 bits per heavy atom. The van der Waals surface area contributed by atoms with Gasteiger partial charge in [-0.1, -0.05) is 0 Å². The highest BCUT2D eigenvalue weighted by atomic mass is 127. The Labute approximate surface area is 236 Å². The van der Waals surface area contributed by atoms with Gasteiger partial charge in [-0.25, -0.2) is 13.2 Å². The summed E-state index contributed by atoms with van der Waals surface area (Å²) < 4.78 is 131. The number of rotatable bonds is 6. The van der Waals surface area contributed by atoms with Gasteiger partial charge in [0.2, 0.25) is 0 Å². The van der Waals surface area contributed by atoms with Crippen LogP contribution in [0.15, 0.2) is 18.2 Å². The molecule has 0 N–H and O–H groups in total. The lowest BCUT2D eigenvalue weighted by Crippen LogP contribution is -2.64. The van der Waals surface area contributed by atoms with E-state index >= 15 is 0 Å². The molecule has 6 unspecified atom stereocenters. The second-order valence-electron chi connectivity index (χ2n) is 8.99. The zero-order chi connectivity index (χ0) is 28.6. The van der Waals surface area contributed by atoms with Gasteiger partial charge in [-0.05, 0) is 69.8 Å². The van der Waals surface area contributed by atoms with Crippen LogP contribution in [-0.4, -0.2) is 66.8 Å². The molecule has 1 heterocycles. The number of alkyl halides is 6. The fourth-order valence-electron chi connectivity index (χ4n) is 5.29. The van der Waals surface area contributed by atoms with Crippen LogP contribution in [0.5, 0.6) is 0 Å². The van der Waals surface area contributed by atoms with Gasteiger partial charge in [0.25, 0.3) is 0 Å². The number of esters is 3. The van der Waals surface area contributed by atoms with Gasteiger partial charge in [-0.2, -0.15) is 26.3 Å². The average molecular weight is 797 g/mol. The maximum Gasteiger partial charge on any atom is 0.438 e. The van der Waals surface area contributed by atoms with Gasteiger partial charge in [0.1, 0.15) is 12.2 Å². The van der Waals surface area contributed by atoms with Crippen molar-refractivity contribution in [3.05, 3.63) is 30.9 Å². The molecule has 0 amide bonds. The van der Waals surface area contributed by atoms with Crippen LogP contribution in [0.2, 0.25) is 0 Å². The summed E-state index contributed by atoms with van der Waals surface area (Å²) in [7, 11) is -6.24. The Bertz CT molecular complexity index is 1260. The van der Waals surface area contributed by atoms with Crippen molar-refractivity contribution in [1.82, 2.24) is 0 Å². The molecule has 3 aliphatic rings. The van der Waals surface area contributed by atoms with E-state index in [2.05, 4.69) is 4.74 Å². The molecular formula is C20H13F6I2O9S-. The van der Waals surface area contributed by atoms with Crippen molar-refractivity contribution in [1.29, 1.82) is 0 Å². The van der Waals surface area contributed by atoms with E-state index in [4.69, 9.17) is 9.47 Å². The molecule has 38 heavy (non-hydrogen) atoms. The molecule has 2 saturated carbocycles. The molecule has 4 rings (SSSR count). The first-order chi connectivity index (χ1) is 17.3. The lowest BCUT2D eigenvalue weighted by Gasteiger charge is -2.39. The maximum atomic E-state index is 13.6. The first-order valence-corrected chi connectivity index (χ1v) is 14.2. The Morgan fingerprint density at radius 1 is 1.03 bits per heavy atom. The molecule has 0 spiro atoms. The van der Waals surface area contributed by atoms with Crippen molar-refractivity contribution < 1.29 is 67.9 Å². The summed E-state index contributed by atoms with van der Waals surface area (Å²) in [6.07, 6.45) is -15.8. The molecule has 1 saturated heterocycles. The van der Waals surface area contributed by atoms with Gasteiger partial charge < -0.3 is 18.8 Å². The minimum Gasteiger partial charge on any atom is -0.748 e. The number of benzene rings is 1. The highest BCUT2D eigenvalue weighted by Crippen LogP contribution is 2.60. The lowest BCUT2D eigenvalue weighted by atomic mass is 9.78. The zero-order valence-corrected chi connectivity index (χ0v) is 23.3. The Hall–Kier alpha value is -1.42. The summed E-state index contributed by atoms with van der Waals surface area (Å²) >= 11 is 3.84. The standard InChI is InChI=1S/C20H14F6I2O9S/c21-19(22,23)18(20(24,25)26,5-38(32,33)34)37-17(31)12-10-4-9-11(12)16(30)36-14(9)13(10)35-15(29)6-1-7(27)3-8(28)2-6/h1-3,9-14H,4-5H2,(H,32,33,34)/p-1. The maximum absolute atomic E-state index is 13.6. The predicted molar refractivity (Wildman–Crippen MR) is 125 cm³/mol. The monoisotopic (exact) mass is 797 g/mol. The Morgan fingerprint density at radius 2 is 1.58 bits per heavy atom. The number of halogens is 8. The van der Waals surface area contributed by atoms with Crippen molar-refractivity contribution in [2.45, 2.75) is 36.6 Å². The molecule has 0 radical (unpaired) electrons. The van der Waals surface area contributed by atoms with E-state index < -0.39 is 87.6 Å². The molecule has 1 aromatic rings. The van der Waals surface area contributed by atoms with Crippen LogP contribution in [0, 0.1) is 30.8 Å². The van der Waals surface area contributed by atoms with Crippen LogP contribution >= 0.6 is 45.2 Å². The third-order valence-corrected chi connectivity index (χ3v) is 8.74. The van der Waals surface area contributed by atoms with Gasteiger partial charge in [0.15, 0.2) is 0 Å². The molecular weight excluding hydrogens is 784 g/mol. The summed E-state index contributed by atoms with van der Waals surface area (Å²) in [5.74, 6) is -13.1. The lowest BCUT2D eigenvalue weighted by molar-refractivity contribution is -0.362. The number of carbonyl (C=O) groups is 3. The quantitative estimate of drug-likeness (QED) is 0.140. The molecule has 3 fully saturated rings. The average Bonchev–Trinajstić information content (AvgIpc) is 3.33. The van der Waals surface area contributed by atoms with E-state index in [9.17, 15) is 53.7 Å². The fraction of sp³-hybridized carbons (Fsp3) is 0.550. The molecule has 210 valence electrons. The van der Waals surface area contributed by atoms with Crippen molar-refractivity contribution in [3.8, 4) is 0 Å². The number of hydrogen-bond donors (Lipinski definition) is 0. The zero-order valence-electron chi connectivity index (χ0n) is 18.2. The van der Waals surface area contributed by atoms with Crippen LogP contribution in [0.1, 0.15) is 16.8 Å². The van der Waals surface area contributed by atoms with Gasteiger partial charge >= 0.3 is 35.9 Å². The molecule has 0 aromatic heterocycles. The van der Waals surface area contributed by atoms with Crippen LogP contribution < -0.4 is 0 Å². The normalized spacial score (nSPS) is 28.8. The van der Waals surface area contributed by atoms with E-state index in [1.54, 1.807) is 6.07 Å². The second kappa shape index (κ2) is 9.60. The first kappa shape index (κ1) is 29.6. The second-order valence-corrected chi connectivity index (χ2v) is 12.9. The summed E-state index contributed by atoms with van der Waals surface area (Å²) in [6, 6.07) is 4.61. The number of carbonyl (C=O) groups excluding carboxylic acids is 3. The Kier molecular flexibility index (Phi) is 7.47. The molecule has 1 aliphatic heterocycles. The molecule has 6 atom stereocenters. The van der Waals surface area contributed by atoms with E-state index in [0.717, 1.165) is 0 Å². The summed E-state index contributed by atoms with van der Waals surface area (Å²) in [6.45, 7) is 0. The smallest absolute Gasteiger partial charge is 0.438 e. The first-order valence-electron chi connectivity index (χ1n) is 10.4. The van der Waals surface area contributed by atoms with E-state index in [-0.39, 0.29) is 12.0 Å². The molecule has 9 nitrogen and oxygen atoms in total. The van der Waals surface area contributed by atoms with Crippen molar-refractivity contribution >= 4 is 73.2 Å². The molecule has 2 bridgehead atoms. The fourth-order valence-corrected chi connectivity index (χ4v) is 8.11. The van der Waals surface area contributed by atoms with Crippen LogP contribution in [0.3, 0.4) is 0 Å². The minimum atomic E-state index is -6.57. The van der Waals surface area contributed by atoms with Gasteiger partial charge in [0, 0.05) is 19.0 Å². The van der Waals surface area contributed by atoms with E-state index in [1.165, 1.54) is 12.1 Å². The van der Waals surface area contributed by atoms with Crippen LogP contribution in [0.4, 0.5) is 26.3 Å². The van der Waals surface area contributed by atoms with Crippen molar-refractivity contribution in [2.75, 3.05) is 5.75 Å². The topological polar surface area (TPSA) is 136 Å². The van der Waals surface area contributed by atoms with Gasteiger partial charge in [-0.15, -0.1) is 0 Å². The van der Waals surface area contributed by atoms with Gasteiger partial charge in [-0.3, -0.25) is 9.59 Å². The highest BCUT2D eigenvalue weighted by molar-refractivity contribution is 14.1. The third-order valence-electron chi connectivity index (χ3n) is 6.73.